The van der Waals surface area contributed by atoms with E-state index in [2.05, 4.69) is 39.0 Å². The molecular weight excluding hydrogens is 296 g/mol. The summed E-state index contributed by atoms with van der Waals surface area (Å²) in [5.74, 6) is 3.41. The van der Waals surface area contributed by atoms with Crippen LogP contribution in [-0.2, 0) is 11.2 Å². The Kier molecular flexibility index (Phi) is 3.60. The molecule has 1 aromatic rings. The lowest BCUT2D eigenvalue weighted by Crippen LogP contribution is -2.54. The van der Waals surface area contributed by atoms with Crippen LogP contribution in [0.1, 0.15) is 69.9 Å². The van der Waals surface area contributed by atoms with Gasteiger partial charge in [0.2, 0.25) is 0 Å². The SMILES string of the molecule is COc1ccc2c(c1)CCC1C2CCC2(C)C(=O)C(C)(C)CCC12. The number of ketones is 1. The number of benzene rings is 1. The molecular formula is C22H30O2. The van der Waals surface area contributed by atoms with Crippen LogP contribution in [0.5, 0.6) is 5.75 Å². The molecule has 0 N–H and O–H groups in total. The Morgan fingerprint density at radius 1 is 1.08 bits per heavy atom. The molecule has 2 heteroatoms. The minimum absolute atomic E-state index is 0.0904. The van der Waals surface area contributed by atoms with E-state index in [1.165, 1.54) is 30.4 Å². The highest BCUT2D eigenvalue weighted by Gasteiger charge is 2.57. The zero-order valence-electron chi connectivity index (χ0n) is 15.5. The van der Waals surface area contributed by atoms with Crippen molar-refractivity contribution in [1.82, 2.24) is 0 Å². The number of Topliss-reactive ketones (excluding diaryl/α,β-unsaturated/α-hetero) is 1. The van der Waals surface area contributed by atoms with Gasteiger partial charge in [0.25, 0.3) is 0 Å². The fourth-order valence-corrected chi connectivity index (χ4v) is 6.22. The minimum atomic E-state index is -0.127. The second kappa shape index (κ2) is 5.34. The average Bonchev–Trinajstić information content (AvgIpc) is 2.58. The van der Waals surface area contributed by atoms with Crippen LogP contribution in [0.15, 0.2) is 18.2 Å². The fourth-order valence-electron chi connectivity index (χ4n) is 6.22. The molecule has 4 rings (SSSR count). The largest absolute Gasteiger partial charge is 0.497 e. The molecule has 2 nitrogen and oxygen atoms in total. The topological polar surface area (TPSA) is 26.3 Å². The predicted octanol–water partition coefficient (Wildman–Crippen LogP) is 5.15. The van der Waals surface area contributed by atoms with Crippen LogP contribution in [-0.4, -0.2) is 12.9 Å². The third-order valence-electron chi connectivity index (χ3n) is 7.54. The maximum atomic E-state index is 13.2. The van der Waals surface area contributed by atoms with Crippen molar-refractivity contribution in [2.45, 2.75) is 65.2 Å². The molecule has 0 heterocycles. The number of ether oxygens (including phenoxy) is 1. The molecule has 0 radical (unpaired) electrons. The minimum Gasteiger partial charge on any atom is -0.497 e. The van der Waals surface area contributed by atoms with E-state index in [0.29, 0.717) is 23.5 Å². The zero-order valence-corrected chi connectivity index (χ0v) is 15.5. The van der Waals surface area contributed by atoms with E-state index < -0.39 is 0 Å². The first kappa shape index (κ1) is 16.2. The van der Waals surface area contributed by atoms with Gasteiger partial charge in [-0.15, -0.1) is 0 Å². The first-order valence-corrected chi connectivity index (χ1v) is 9.58. The van der Waals surface area contributed by atoms with Gasteiger partial charge in [-0.05, 0) is 79.5 Å². The third kappa shape index (κ3) is 2.18. The van der Waals surface area contributed by atoms with Crippen molar-refractivity contribution < 1.29 is 9.53 Å². The van der Waals surface area contributed by atoms with Gasteiger partial charge in [-0.2, -0.15) is 0 Å². The summed E-state index contributed by atoms with van der Waals surface area (Å²) in [6.45, 7) is 6.59. The van der Waals surface area contributed by atoms with Gasteiger partial charge < -0.3 is 4.74 Å². The molecule has 1 aromatic carbocycles. The number of hydrogen-bond donors (Lipinski definition) is 0. The lowest BCUT2D eigenvalue weighted by molar-refractivity contribution is -0.152. The zero-order chi connectivity index (χ0) is 17.1. The molecule has 0 bridgehead atoms. The molecule has 0 spiro atoms. The Labute approximate surface area is 146 Å². The van der Waals surface area contributed by atoms with Gasteiger partial charge >= 0.3 is 0 Å². The van der Waals surface area contributed by atoms with Gasteiger partial charge in [-0.1, -0.05) is 26.8 Å². The Balaban J connectivity index is 1.68. The summed E-state index contributed by atoms with van der Waals surface area (Å²) >= 11 is 0. The quantitative estimate of drug-likeness (QED) is 0.713. The van der Waals surface area contributed by atoms with E-state index >= 15 is 0 Å². The Hall–Kier alpha value is -1.31. The van der Waals surface area contributed by atoms with Crippen LogP contribution in [0, 0.1) is 22.7 Å². The molecule has 3 aliphatic rings. The van der Waals surface area contributed by atoms with Crippen molar-refractivity contribution in [2.24, 2.45) is 22.7 Å². The van der Waals surface area contributed by atoms with Crippen LogP contribution in [0.25, 0.3) is 0 Å². The number of methoxy groups -OCH3 is 1. The van der Waals surface area contributed by atoms with Crippen molar-refractivity contribution in [3.05, 3.63) is 29.3 Å². The van der Waals surface area contributed by atoms with E-state index in [9.17, 15) is 4.79 Å². The second-order valence-corrected chi connectivity index (χ2v) is 9.19. The smallest absolute Gasteiger partial charge is 0.144 e. The number of hydrogen-bond acceptors (Lipinski definition) is 2. The molecule has 0 aliphatic heterocycles. The van der Waals surface area contributed by atoms with Gasteiger partial charge in [0.1, 0.15) is 11.5 Å². The third-order valence-corrected chi connectivity index (χ3v) is 7.54. The molecule has 24 heavy (non-hydrogen) atoms. The summed E-state index contributed by atoms with van der Waals surface area (Å²) in [5.41, 5.74) is 2.79. The first-order chi connectivity index (χ1) is 11.4. The summed E-state index contributed by atoms with van der Waals surface area (Å²) in [6, 6.07) is 6.64. The van der Waals surface area contributed by atoms with Crippen molar-refractivity contribution in [3.8, 4) is 5.75 Å². The van der Waals surface area contributed by atoms with Crippen LogP contribution in [0.4, 0.5) is 0 Å². The fraction of sp³-hybridized carbons (Fsp3) is 0.682. The normalized spacial score (nSPS) is 37.2. The molecule has 0 aromatic heterocycles. The summed E-state index contributed by atoms with van der Waals surface area (Å²) in [5, 5.41) is 0. The van der Waals surface area contributed by atoms with E-state index in [-0.39, 0.29) is 10.8 Å². The van der Waals surface area contributed by atoms with E-state index in [1.54, 1.807) is 7.11 Å². The van der Waals surface area contributed by atoms with Crippen molar-refractivity contribution >= 4 is 5.78 Å². The molecule has 0 amide bonds. The van der Waals surface area contributed by atoms with Crippen molar-refractivity contribution in [3.63, 3.8) is 0 Å². The van der Waals surface area contributed by atoms with Crippen LogP contribution in [0.2, 0.25) is 0 Å². The Morgan fingerprint density at radius 3 is 2.62 bits per heavy atom. The average molecular weight is 326 g/mol. The van der Waals surface area contributed by atoms with E-state index in [0.717, 1.165) is 25.0 Å². The first-order valence-electron chi connectivity index (χ1n) is 9.58. The summed E-state index contributed by atoms with van der Waals surface area (Å²) in [7, 11) is 1.74. The van der Waals surface area contributed by atoms with Gasteiger partial charge in [-0.3, -0.25) is 4.79 Å². The lowest BCUT2D eigenvalue weighted by Gasteiger charge is -2.56. The van der Waals surface area contributed by atoms with Crippen LogP contribution >= 0.6 is 0 Å². The summed E-state index contributed by atoms with van der Waals surface area (Å²) < 4.78 is 5.41. The van der Waals surface area contributed by atoms with Gasteiger partial charge in [0.15, 0.2) is 0 Å². The molecule has 2 saturated carbocycles. The van der Waals surface area contributed by atoms with Gasteiger partial charge in [0.05, 0.1) is 7.11 Å². The maximum Gasteiger partial charge on any atom is 0.144 e. The monoisotopic (exact) mass is 326 g/mol. The summed E-state index contributed by atoms with van der Waals surface area (Å²) in [4.78, 5) is 13.2. The molecule has 4 unspecified atom stereocenters. The predicted molar refractivity (Wildman–Crippen MR) is 96.4 cm³/mol. The number of aryl methyl sites for hydroxylation is 1. The number of carbonyl (C=O) groups excluding carboxylic acids is 1. The highest BCUT2D eigenvalue weighted by Crippen LogP contribution is 2.61. The maximum absolute atomic E-state index is 13.2. The molecule has 2 fully saturated rings. The molecule has 3 aliphatic carbocycles. The molecule has 0 saturated heterocycles. The molecule has 130 valence electrons. The van der Waals surface area contributed by atoms with Gasteiger partial charge in [0, 0.05) is 10.8 Å². The summed E-state index contributed by atoms with van der Waals surface area (Å²) in [6.07, 6.45) is 6.88. The standard InChI is InChI=1S/C22H30O2/c1-21(2)11-10-19-18-7-5-14-13-15(24-4)6-8-16(14)17(18)9-12-22(19,3)20(21)23/h6,8,13,17-19H,5,7,9-12H2,1-4H3. The molecule has 4 atom stereocenters. The highest BCUT2D eigenvalue weighted by atomic mass is 16.5. The lowest BCUT2D eigenvalue weighted by atomic mass is 9.47. The van der Waals surface area contributed by atoms with E-state index in [1.807, 2.05) is 0 Å². The van der Waals surface area contributed by atoms with Crippen LogP contribution < -0.4 is 4.74 Å². The number of rotatable bonds is 1. The van der Waals surface area contributed by atoms with Crippen molar-refractivity contribution in [1.29, 1.82) is 0 Å². The van der Waals surface area contributed by atoms with E-state index in [4.69, 9.17) is 4.74 Å². The Morgan fingerprint density at radius 2 is 1.88 bits per heavy atom. The number of fused-ring (bicyclic) bond motifs is 5. The Bertz CT molecular complexity index is 675. The number of carbonyl (C=O) groups is 1. The van der Waals surface area contributed by atoms with Crippen molar-refractivity contribution in [2.75, 3.05) is 7.11 Å². The van der Waals surface area contributed by atoms with Crippen LogP contribution in [0.3, 0.4) is 0 Å². The van der Waals surface area contributed by atoms with Gasteiger partial charge in [-0.25, -0.2) is 0 Å². The second-order valence-electron chi connectivity index (χ2n) is 9.19. The highest BCUT2D eigenvalue weighted by molar-refractivity contribution is 5.90.